The molecule has 2 heterocycles. The summed E-state index contributed by atoms with van der Waals surface area (Å²) in [6.45, 7) is 2.22. The van der Waals surface area contributed by atoms with Crippen molar-refractivity contribution in [3.05, 3.63) is 36.0 Å². The zero-order chi connectivity index (χ0) is 14.8. The largest absolute Gasteiger partial charge is 0.417 e. The average molecular weight is 286 g/mol. The van der Waals surface area contributed by atoms with Crippen LogP contribution in [0.2, 0.25) is 0 Å². The lowest BCUT2D eigenvalue weighted by molar-refractivity contribution is -0.137. The number of aromatic nitrogens is 3. The van der Waals surface area contributed by atoms with Crippen molar-refractivity contribution in [2.75, 3.05) is 11.9 Å². The zero-order valence-corrected chi connectivity index (χ0v) is 10.4. The highest BCUT2D eigenvalue weighted by atomic mass is 19.4. The van der Waals surface area contributed by atoms with Gasteiger partial charge in [-0.25, -0.2) is 14.4 Å². The van der Waals surface area contributed by atoms with E-state index >= 15 is 0 Å². The van der Waals surface area contributed by atoms with Gasteiger partial charge in [0.15, 0.2) is 5.82 Å². The first-order valence-corrected chi connectivity index (χ1v) is 5.71. The molecular weight excluding hydrogens is 276 g/mol. The molecule has 0 unspecified atom stereocenters. The zero-order valence-electron chi connectivity index (χ0n) is 10.4. The second-order valence-corrected chi connectivity index (χ2v) is 3.84. The summed E-state index contributed by atoms with van der Waals surface area (Å²) in [6, 6.07) is 0.782. The normalized spacial score (nSPS) is 11.4. The molecule has 1 N–H and O–H groups in total. The van der Waals surface area contributed by atoms with Gasteiger partial charge in [0.1, 0.15) is 5.69 Å². The summed E-state index contributed by atoms with van der Waals surface area (Å²) in [6.07, 6.45) is -1.86. The smallest absolute Gasteiger partial charge is 0.354 e. The molecule has 0 saturated carbocycles. The minimum absolute atomic E-state index is 0.0564. The van der Waals surface area contributed by atoms with Crippen LogP contribution in [0.15, 0.2) is 24.7 Å². The Balaban J connectivity index is 2.59. The summed E-state index contributed by atoms with van der Waals surface area (Å²) in [5.41, 5.74) is -1.84. The van der Waals surface area contributed by atoms with Gasteiger partial charge >= 0.3 is 6.18 Å². The van der Waals surface area contributed by atoms with Gasteiger partial charge in [0, 0.05) is 24.5 Å². The SMILES string of the molecule is CCNc1ncc(F)c(-c2cnccc2C(F)(F)F)n1. The Labute approximate surface area is 111 Å². The van der Waals surface area contributed by atoms with Gasteiger partial charge in [-0.1, -0.05) is 0 Å². The predicted octanol–water partition coefficient (Wildman–Crippen LogP) is 3.13. The summed E-state index contributed by atoms with van der Waals surface area (Å²) in [5, 5.41) is 2.71. The van der Waals surface area contributed by atoms with Crippen LogP contribution in [0.25, 0.3) is 11.3 Å². The van der Waals surface area contributed by atoms with Crippen molar-refractivity contribution in [3.8, 4) is 11.3 Å². The minimum atomic E-state index is -4.62. The first-order chi connectivity index (χ1) is 9.43. The maximum absolute atomic E-state index is 13.7. The lowest BCUT2D eigenvalue weighted by atomic mass is 10.1. The second kappa shape index (κ2) is 5.40. The summed E-state index contributed by atoms with van der Waals surface area (Å²) < 4.78 is 52.4. The van der Waals surface area contributed by atoms with Gasteiger partial charge in [0.2, 0.25) is 5.95 Å². The van der Waals surface area contributed by atoms with Crippen molar-refractivity contribution < 1.29 is 17.6 Å². The van der Waals surface area contributed by atoms with Crippen molar-refractivity contribution in [2.24, 2.45) is 0 Å². The Morgan fingerprint density at radius 2 is 2.00 bits per heavy atom. The van der Waals surface area contributed by atoms with Gasteiger partial charge in [-0.2, -0.15) is 13.2 Å². The van der Waals surface area contributed by atoms with E-state index in [9.17, 15) is 17.6 Å². The number of pyridine rings is 1. The number of hydrogen-bond acceptors (Lipinski definition) is 4. The average Bonchev–Trinajstić information content (AvgIpc) is 2.40. The number of rotatable bonds is 3. The maximum atomic E-state index is 13.7. The lowest BCUT2D eigenvalue weighted by Gasteiger charge is -2.12. The lowest BCUT2D eigenvalue weighted by Crippen LogP contribution is -2.10. The van der Waals surface area contributed by atoms with Crippen LogP contribution in [0.4, 0.5) is 23.5 Å². The third kappa shape index (κ3) is 2.84. The Hall–Kier alpha value is -2.25. The van der Waals surface area contributed by atoms with Crippen molar-refractivity contribution in [2.45, 2.75) is 13.1 Å². The van der Waals surface area contributed by atoms with E-state index in [0.717, 1.165) is 24.7 Å². The molecule has 0 aliphatic carbocycles. The number of halogens is 4. The molecule has 2 rings (SSSR count). The van der Waals surface area contributed by atoms with Crippen LogP contribution in [0.1, 0.15) is 12.5 Å². The highest BCUT2D eigenvalue weighted by molar-refractivity contribution is 5.64. The molecule has 0 aliphatic rings. The third-order valence-electron chi connectivity index (χ3n) is 2.46. The van der Waals surface area contributed by atoms with E-state index in [1.54, 1.807) is 6.92 Å². The molecule has 8 heteroatoms. The van der Waals surface area contributed by atoms with Gasteiger partial charge < -0.3 is 5.32 Å². The first-order valence-electron chi connectivity index (χ1n) is 5.71. The number of nitrogens with zero attached hydrogens (tertiary/aromatic N) is 3. The van der Waals surface area contributed by atoms with Crippen molar-refractivity contribution in [1.29, 1.82) is 0 Å². The Morgan fingerprint density at radius 1 is 1.25 bits per heavy atom. The van der Waals surface area contributed by atoms with Crippen LogP contribution in [-0.4, -0.2) is 21.5 Å². The third-order valence-corrected chi connectivity index (χ3v) is 2.46. The first kappa shape index (κ1) is 14.2. The van der Waals surface area contributed by atoms with Crippen LogP contribution >= 0.6 is 0 Å². The van der Waals surface area contributed by atoms with Crippen LogP contribution in [0.3, 0.4) is 0 Å². The van der Waals surface area contributed by atoms with Crippen molar-refractivity contribution in [3.63, 3.8) is 0 Å². The molecule has 2 aromatic rings. The molecule has 0 amide bonds. The Kier molecular flexibility index (Phi) is 3.82. The van der Waals surface area contributed by atoms with E-state index in [-0.39, 0.29) is 5.95 Å². The van der Waals surface area contributed by atoms with Gasteiger partial charge in [-0.15, -0.1) is 0 Å². The molecule has 0 aliphatic heterocycles. The maximum Gasteiger partial charge on any atom is 0.417 e. The van der Waals surface area contributed by atoms with Gasteiger partial charge in [0.25, 0.3) is 0 Å². The molecule has 0 atom stereocenters. The van der Waals surface area contributed by atoms with Crippen LogP contribution in [0, 0.1) is 5.82 Å². The highest BCUT2D eigenvalue weighted by Gasteiger charge is 2.34. The number of hydrogen-bond donors (Lipinski definition) is 1. The molecule has 20 heavy (non-hydrogen) atoms. The fourth-order valence-corrected chi connectivity index (χ4v) is 1.63. The standard InChI is InChI=1S/C12H10F4N4/c1-2-18-11-19-6-9(13)10(20-11)7-5-17-4-3-8(7)12(14,15)16/h3-6H,2H2,1H3,(H,18,19,20). The molecule has 106 valence electrons. The van der Waals surface area contributed by atoms with Crippen molar-refractivity contribution in [1.82, 2.24) is 15.0 Å². The fraction of sp³-hybridized carbons (Fsp3) is 0.250. The molecular formula is C12H10F4N4. The van der Waals surface area contributed by atoms with E-state index < -0.39 is 28.8 Å². The fourth-order valence-electron chi connectivity index (χ4n) is 1.63. The van der Waals surface area contributed by atoms with Gasteiger partial charge in [-0.3, -0.25) is 4.98 Å². The minimum Gasteiger partial charge on any atom is -0.354 e. The van der Waals surface area contributed by atoms with E-state index in [0.29, 0.717) is 6.54 Å². The monoisotopic (exact) mass is 286 g/mol. The molecule has 0 fully saturated rings. The summed E-state index contributed by atoms with van der Waals surface area (Å²) in [4.78, 5) is 11.0. The van der Waals surface area contributed by atoms with E-state index in [1.165, 1.54) is 0 Å². The number of anilines is 1. The molecule has 0 bridgehead atoms. The van der Waals surface area contributed by atoms with Gasteiger partial charge in [-0.05, 0) is 13.0 Å². The number of alkyl halides is 3. The van der Waals surface area contributed by atoms with Crippen molar-refractivity contribution >= 4 is 5.95 Å². The number of nitrogens with one attached hydrogen (secondary N) is 1. The topological polar surface area (TPSA) is 50.7 Å². The predicted molar refractivity (Wildman–Crippen MR) is 64.4 cm³/mol. The summed E-state index contributed by atoms with van der Waals surface area (Å²) in [7, 11) is 0. The molecule has 0 aromatic carbocycles. The van der Waals surface area contributed by atoms with E-state index in [4.69, 9.17) is 0 Å². The molecule has 4 nitrogen and oxygen atoms in total. The molecule has 2 aromatic heterocycles. The van der Waals surface area contributed by atoms with Crippen LogP contribution in [0.5, 0.6) is 0 Å². The summed E-state index contributed by atoms with van der Waals surface area (Å²) in [5.74, 6) is -0.883. The van der Waals surface area contributed by atoms with Gasteiger partial charge in [0.05, 0.1) is 11.8 Å². The van der Waals surface area contributed by atoms with E-state index in [2.05, 4.69) is 20.3 Å². The summed E-state index contributed by atoms with van der Waals surface area (Å²) >= 11 is 0. The highest BCUT2D eigenvalue weighted by Crippen LogP contribution is 2.36. The quantitative estimate of drug-likeness (QED) is 0.881. The van der Waals surface area contributed by atoms with E-state index in [1.807, 2.05) is 0 Å². The molecule has 0 spiro atoms. The van der Waals surface area contributed by atoms with Crippen LogP contribution in [-0.2, 0) is 6.18 Å². The molecule has 0 radical (unpaired) electrons. The van der Waals surface area contributed by atoms with Crippen LogP contribution < -0.4 is 5.32 Å². The Morgan fingerprint density at radius 3 is 2.65 bits per heavy atom. The molecule has 0 saturated heterocycles. The second-order valence-electron chi connectivity index (χ2n) is 3.84. The Bertz CT molecular complexity index is 613.